The molecule has 0 spiro atoms. The van der Waals surface area contributed by atoms with E-state index in [2.05, 4.69) is 27.7 Å². The highest BCUT2D eigenvalue weighted by Crippen LogP contribution is 2.28. The van der Waals surface area contributed by atoms with Crippen molar-refractivity contribution in [2.45, 2.75) is 91.9 Å². The second-order valence-corrected chi connectivity index (χ2v) is 5.26. The van der Waals surface area contributed by atoms with Gasteiger partial charge in [0.1, 0.15) is 0 Å². The van der Waals surface area contributed by atoms with Crippen LogP contribution in [0.3, 0.4) is 0 Å². The zero-order valence-corrected chi connectivity index (χ0v) is 12.1. The number of hydrogen-bond donors (Lipinski definition) is 0. The molecule has 0 amide bonds. The maximum absolute atomic E-state index is 2.39. The van der Waals surface area contributed by atoms with Gasteiger partial charge in [0, 0.05) is 0 Å². The smallest absolute Gasteiger partial charge is 0.0241 e. The number of hydrogen-bond acceptors (Lipinski definition) is 0. The first-order valence-corrected chi connectivity index (χ1v) is 7.58. The molecule has 0 rings (SSSR count). The van der Waals surface area contributed by atoms with Crippen LogP contribution < -0.4 is 0 Å². The van der Waals surface area contributed by atoms with Gasteiger partial charge in [-0.1, -0.05) is 79.1 Å². The molecule has 0 aliphatic carbocycles. The Morgan fingerprint density at radius 3 is 2.00 bits per heavy atom. The van der Waals surface area contributed by atoms with Crippen molar-refractivity contribution in [2.24, 2.45) is 5.92 Å². The number of unbranched alkanes of at least 4 members (excludes halogenated alkanes) is 5. The van der Waals surface area contributed by atoms with E-state index in [1.165, 1.54) is 64.2 Å². The zero-order valence-electron chi connectivity index (χ0n) is 12.1. The lowest BCUT2D eigenvalue weighted by molar-refractivity contribution is 0.431. The van der Waals surface area contributed by atoms with Crippen LogP contribution in [-0.4, -0.2) is 0 Å². The molecular formula is C16H33. The second kappa shape index (κ2) is 11.5. The Morgan fingerprint density at radius 1 is 0.812 bits per heavy atom. The molecule has 0 aromatic rings. The van der Waals surface area contributed by atoms with E-state index >= 15 is 0 Å². The summed E-state index contributed by atoms with van der Waals surface area (Å²) in [5, 5.41) is 0. The standard InChI is InChI=1S/C16H33/c1-5-8-10-12-13-15(4)16(7-3)14-11-9-6-2/h16H,5-14H2,1-4H3. The summed E-state index contributed by atoms with van der Waals surface area (Å²) in [4.78, 5) is 0. The Labute approximate surface area is 104 Å². The maximum Gasteiger partial charge on any atom is -0.0241 e. The van der Waals surface area contributed by atoms with Crippen LogP contribution in [0.4, 0.5) is 0 Å². The fraction of sp³-hybridized carbons (Fsp3) is 0.938. The van der Waals surface area contributed by atoms with Crippen LogP contribution >= 0.6 is 0 Å². The highest BCUT2D eigenvalue weighted by atomic mass is 14.2. The molecule has 0 aromatic carbocycles. The Hall–Kier alpha value is 0. The van der Waals surface area contributed by atoms with Crippen LogP contribution in [0.25, 0.3) is 0 Å². The molecule has 97 valence electrons. The van der Waals surface area contributed by atoms with Crippen LogP contribution in [-0.2, 0) is 0 Å². The monoisotopic (exact) mass is 225 g/mol. The first-order chi connectivity index (χ1) is 7.76. The van der Waals surface area contributed by atoms with E-state index in [1.807, 2.05) is 0 Å². The van der Waals surface area contributed by atoms with Gasteiger partial charge in [0.15, 0.2) is 0 Å². The van der Waals surface area contributed by atoms with Gasteiger partial charge < -0.3 is 0 Å². The van der Waals surface area contributed by atoms with Gasteiger partial charge >= 0.3 is 0 Å². The fourth-order valence-corrected chi connectivity index (χ4v) is 2.47. The van der Waals surface area contributed by atoms with Crippen molar-refractivity contribution in [3.05, 3.63) is 5.92 Å². The molecule has 0 saturated carbocycles. The van der Waals surface area contributed by atoms with E-state index in [1.54, 1.807) is 5.92 Å². The van der Waals surface area contributed by atoms with E-state index in [-0.39, 0.29) is 0 Å². The highest BCUT2D eigenvalue weighted by molar-refractivity contribution is 4.91. The Kier molecular flexibility index (Phi) is 11.5. The largest absolute Gasteiger partial charge is 0.0654 e. The summed E-state index contributed by atoms with van der Waals surface area (Å²) in [6.07, 6.45) is 14.0. The lowest BCUT2D eigenvalue weighted by Crippen LogP contribution is -2.09. The van der Waals surface area contributed by atoms with E-state index in [0.717, 1.165) is 5.92 Å². The average Bonchev–Trinajstić information content (AvgIpc) is 2.30. The molecule has 1 radical (unpaired) electrons. The summed E-state index contributed by atoms with van der Waals surface area (Å²) in [6.45, 7) is 9.33. The van der Waals surface area contributed by atoms with Crippen LogP contribution in [0.1, 0.15) is 91.9 Å². The molecule has 0 saturated heterocycles. The molecule has 0 heteroatoms. The molecule has 0 heterocycles. The van der Waals surface area contributed by atoms with E-state index in [4.69, 9.17) is 0 Å². The first-order valence-electron chi connectivity index (χ1n) is 7.58. The van der Waals surface area contributed by atoms with Crippen molar-refractivity contribution >= 4 is 0 Å². The van der Waals surface area contributed by atoms with Crippen molar-refractivity contribution in [2.75, 3.05) is 0 Å². The van der Waals surface area contributed by atoms with Gasteiger partial charge in [-0.2, -0.15) is 0 Å². The van der Waals surface area contributed by atoms with Gasteiger partial charge in [-0.15, -0.1) is 0 Å². The molecular weight excluding hydrogens is 192 g/mol. The number of rotatable bonds is 11. The summed E-state index contributed by atoms with van der Waals surface area (Å²) in [5.74, 6) is 2.68. The molecule has 0 fully saturated rings. The summed E-state index contributed by atoms with van der Waals surface area (Å²) >= 11 is 0. The molecule has 0 aromatic heterocycles. The predicted molar refractivity (Wildman–Crippen MR) is 75.6 cm³/mol. The Bertz CT molecular complexity index is 128. The Balaban J connectivity index is 3.60. The third kappa shape index (κ3) is 8.19. The van der Waals surface area contributed by atoms with Crippen LogP contribution in [0.15, 0.2) is 0 Å². The van der Waals surface area contributed by atoms with Crippen molar-refractivity contribution in [3.8, 4) is 0 Å². The maximum atomic E-state index is 2.39. The summed E-state index contributed by atoms with van der Waals surface area (Å²) in [7, 11) is 0. The lowest BCUT2D eigenvalue weighted by atomic mass is 9.84. The molecule has 16 heavy (non-hydrogen) atoms. The summed E-state index contributed by atoms with van der Waals surface area (Å²) < 4.78 is 0. The molecule has 0 aliphatic heterocycles. The van der Waals surface area contributed by atoms with E-state index in [9.17, 15) is 0 Å². The van der Waals surface area contributed by atoms with Crippen molar-refractivity contribution < 1.29 is 0 Å². The molecule has 0 bridgehead atoms. The summed E-state index contributed by atoms with van der Waals surface area (Å²) in [6, 6.07) is 0. The third-order valence-corrected chi connectivity index (χ3v) is 3.77. The quantitative estimate of drug-likeness (QED) is 0.369. The SMILES string of the molecule is CCCCCC[C](C)C(CC)CCCCC. The molecule has 0 N–H and O–H groups in total. The normalized spacial score (nSPS) is 13.3. The second-order valence-electron chi connectivity index (χ2n) is 5.26. The van der Waals surface area contributed by atoms with Crippen molar-refractivity contribution in [1.82, 2.24) is 0 Å². The van der Waals surface area contributed by atoms with Gasteiger partial charge in [-0.3, -0.25) is 0 Å². The van der Waals surface area contributed by atoms with Crippen LogP contribution in [0, 0.1) is 11.8 Å². The highest BCUT2D eigenvalue weighted by Gasteiger charge is 2.14. The molecule has 1 unspecified atom stereocenters. The minimum Gasteiger partial charge on any atom is -0.0654 e. The van der Waals surface area contributed by atoms with Crippen LogP contribution in [0.5, 0.6) is 0 Å². The fourth-order valence-electron chi connectivity index (χ4n) is 2.47. The zero-order chi connectivity index (χ0) is 12.2. The Morgan fingerprint density at radius 2 is 1.44 bits per heavy atom. The van der Waals surface area contributed by atoms with E-state index in [0.29, 0.717) is 0 Å². The van der Waals surface area contributed by atoms with Crippen molar-refractivity contribution in [1.29, 1.82) is 0 Å². The minimum atomic E-state index is 0.910. The van der Waals surface area contributed by atoms with Crippen molar-refractivity contribution in [3.63, 3.8) is 0 Å². The average molecular weight is 225 g/mol. The molecule has 0 nitrogen and oxygen atoms in total. The molecule has 0 aliphatic rings. The van der Waals surface area contributed by atoms with Gasteiger partial charge in [-0.05, 0) is 24.7 Å². The van der Waals surface area contributed by atoms with Crippen LogP contribution in [0.2, 0.25) is 0 Å². The first kappa shape index (κ1) is 16.0. The van der Waals surface area contributed by atoms with Gasteiger partial charge in [0.2, 0.25) is 0 Å². The summed E-state index contributed by atoms with van der Waals surface area (Å²) in [5.41, 5.74) is 0. The lowest BCUT2D eigenvalue weighted by Gasteiger charge is -2.22. The van der Waals surface area contributed by atoms with E-state index < -0.39 is 0 Å². The molecule has 1 atom stereocenters. The third-order valence-electron chi connectivity index (χ3n) is 3.77. The predicted octanol–water partition coefficient (Wildman–Crippen LogP) is 6.16. The van der Waals surface area contributed by atoms with Gasteiger partial charge in [-0.25, -0.2) is 0 Å². The van der Waals surface area contributed by atoms with Gasteiger partial charge in [0.05, 0.1) is 0 Å². The van der Waals surface area contributed by atoms with Gasteiger partial charge in [0.25, 0.3) is 0 Å². The minimum absolute atomic E-state index is 0.910. The topological polar surface area (TPSA) is 0 Å².